The number of benzene rings is 1. The van der Waals surface area contributed by atoms with Gasteiger partial charge in [-0.2, -0.15) is 13.2 Å². The maximum atomic E-state index is 12.1. The van der Waals surface area contributed by atoms with Gasteiger partial charge < -0.3 is 4.74 Å². The third kappa shape index (κ3) is 2.96. The number of fused-ring (bicyclic) bond motifs is 1. The van der Waals surface area contributed by atoms with Crippen LogP contribution in [-0.2, 0) is 4.79 Å². The third-order valence-electron chi connectivity index (χ3n) is 2.47. The summed E-state index contributed by atoms with van der Waals surface area (Å²) in [6, 6.07) is 4.83. The molecular weight excluding hydrogens is 295 g/mol. The lowest BCUT2D eigenvalue weighted by Crippen LogP contribution is -2.25. The standard InChI is InChI=1S/C12H8F3NO3S/c1-19-6-2-3-7-9(4-6)20-11(16-7)8(17)5-10(18)12(13,14)15/h2-4H,5H2,1H3. The number of rotatable bonds is 4. The van der Waals surface area contributed by atoms with Crippen LogP contribution in [0.1, 0.15) is 16.2 Å². The Labute approximate surface area is 115 Å². The van der Waals surface area contributed by atoms with E-state index in [0.717, 1.165) is 11.3 Å². The summed E-state index contributed by atoms with van der Waals surface area (Å²) < 4.78 is 41.9. The number of nitrogens with zero attached hydrogens (tertiary/aromatic N) is 1. The fraction of sp³-hybridized carbons (Fsp3) is 0.250. The molecule has 8 heteroatoms. The molecule has 2 rings (SSSR count). The lowest BCUT2D eigenvalue weighted by atomic mass is 10.2. The van der Waals surface area contributed by atoms with Gasteiger partial charge in [0.1, 0.15) is 5.75 Å². The normalized spacial score (nSPS) is 11.6. The van der Waals surface area contributed by atoms with Crippen molar-refractivity contribution in [3.8, 4) is 5.75 Å². The lowest BCUT2D eigenvalue weighted by Gasteiger charge is -2.02. The van der Waals surface area contributed by atoms with Crippen LogP contribution in [0.25, 0.3) is 10.2 Å². The summed E-state index contributed by atoms with van der Waals surface area (Å²) in [6.07, 6.45) is -6.23. The monoisotopic (exact) mass is 303 g/mol. The second-order valence-corrected chi connectivity index (χ2v) is 4.90. The second kappa shape index (κ2) is 5.20. The van der Waals surface area contributed by atoms with E-state index in [4.69, 9.17) is 4.74 Å². The van der Waals surface area contributed by atoms with E-state index in [2.05, 4.69) is 4.98 Å². The van der Waals surface area contributed by atoms with E-state index < -0.39 is 24.2 Å². The molecule has 0 N–H and O–H groups in total. The summed E-state index contributed by atoms with van der Waals surface area (Å²) in [5.41, 5.74) is 0.471. The molecule has 20 heavy (non-hydrogen) atoms. The molecule has 0 radical (unpaired) electrons. The first kappa shape index (κ1) is 14.4. The average Bonchev–Trinajstić information content (AvgIpc) is 2.80. The Morgan fingerprint density at radius 3 is 2.65 bits per heavy atom. The zero-order chi connectivity index (χ0) is 14.9. The van der Waals surface area contributed by atoms with Gasteiger partial charge in [-0.3, -0.25) is 9.59 Å². The smallest absolute Gasteiger partial charge is 0.450 e. The van der Waals surface area contributed by atoms with Crippen molar-refractivity contribution in [2.24, 2.45) is 0 Å². The molecule has 0 saturated carbocycles. The molecule has 0 spiro atoms. The highest BCUT2D eigenvalue weighted by atomic mass is 32.1. The molecule has 0 aliphatic heterocycles. The average molecular weight is 303 g/mol. The van der Waals surface area contributed by atoms with Crippen LogP contribution >= 0.6 is 11.3 Å². The van der Waals surface area contributed by atoms with E-state index in [0.29, 0.717) is 16.0 Å². The van der Waals surface area contributed by atoms with Gasteiger partial charge in [-0.05, 0) is 18.2 Å². The Morgan fingerprint density at radius 2 is 2.05 bits per heavy atom. The number of aromatic nitrogens is 1. The first-order valence-electron chi connectivity index (χ1n) is 5.39. The Morgan fingerprint density at radius 1 is 1.35 bits per heavy atom. The molecule has 0 aliphatic carbocycles. The minimum atomic E-state index is -5.00. The third-order valence-corrected chi connectivity index (χ3v) is 3.53. The van der Waals surface area contributed by atoms with Gasteiger partial charge in [-0.15, -0.1) is 11.3 Å². The van der Waals surface area contributed by atoms with Gasteiger partial charge in [0.05, 0.1) is 23.7 Å². The van der Waals surface area contributed by atoms with E-state index in [1.165, 1.54) is 7.11 Å². The van der Waals surface area contributed by atoms with Crippen LogP contribution in [0.5, 0.6) is 5.75 Å². The molecular formula is C12H8F3NO3S. The quantitative estimate of drug-likeness (QED) is 0.643. The van der Waals surface area contributed by atoms with Crippen LogP contribution in [0, 0.1) is 0 Å². The number of hydrogen-bond acceptors (Lipinski definition) is 5. The fourth-order valence-electron chi connectivity index (χ4n) is 1.47. The Balaban J connectivity index is 2.25. The van der Waals surface area contributed by atoms with E-state index in [-0.39, 0.29) is 5.01 Å². The van der Waals surface area contributed by atoms with Crippen molar-refractivity contribution in [1.29, 1.82) is 0 Å². The predicted molar refractivity (Wildman–Crippen MR) is 66.2 cm³/mol. The van der Waals surface area contributed by atoms with Crippen LogP contribution in [-0.4, -0.2) is 29.8 Å². The molecule has 0 bridgehead atoms. The molecule has 0 aliphatic rings. The molecule has 2 aromatic rings. The van der Waals surface area contributed by atoms with Gasteiger partial charge >= 0.3 is 6.18 Å². The van der Waals surface area contributed by atoms with Crippen molar-refractivity contribution >= 4 is 33.1 Å². The van der Waals surface area contributed by atoms with Gasteiger partial charge in [0.2, 0.25) is 5.78 Å². The van der Waals surface area contributed by atoms with E-state index in [1.807, 2.05) is 0 Å². The molecule has 1 aromatic carbocycles. The number of Topliss-reactive ketones (excluding diaryl/α,β-unsaturated/α-hetero) is 2. The highest BCUT2D eigenvalue weighted by Gasteiger charge is 2.39. The van der Waals surface area contributed by atoms with Crippen LogP contribution in [0.2, 0.25) is 0 Å². The van der Waals surface area contributed by atoms with Crippen LogP contribution in [0.15, 0.2) is 18.2 Å². The number of methoxy groups -OCH3 is 1. The second-order valence-electron chi connectivity index (χ2n) is 3.87. The Hall–Kier alpha value is -1.96. The van der Waals surface area contributed by atoms with Gasteiger partial charge in [0, 0.05) is 0 Å². The summed E-state index contributed by atoms with van der Waals surface area (Å²) in [5.74, 6) is -2.46. The highest BCUT2D eigenvalue weighted by Crippen LogP contribution is 2.27. The van der Waals surface area contributed by atoms with Crippen molar-refractivity contribution in [1.82, 2.24) is 4.98 Å². The zero-order valence-corrected chi connectivity index (χ0v) is 11.0. The molecule has 1 heterocycles. The minimum absolute atomic E-state index is 0.120. The van der Waals surface area contributed by atoms with Crippen LogP contribution < -0.4 is 4.74 Å². The number of halogens is 3. The maximum absolute atomic E-state index is 12.1. The number of ketones is 2. The van der Waals surface area contributed by atoms with Gasteiger partial charge in [-0.1, -0.05) is 0 Å². The molecule has 1 aromatic heterocycles. The van der Waals surface area contributed by atoms with E-state index in [9.17, 15) is 22.8 Å². The number of thiazole rings is 1. The molecule has 0 unspecified atom stereocenters. The van der Waals surface area contributed by atoms with Crippen LogP contribution in [0.4, 0.5) is 13.2 Å². The lowest BCUT2D eigenvalue weighted by molar-refractivity contribution is -0.170. The largest absolute Gasteiger partial charge is 0.497 e. The van der Waals surface area contributed by atoms with Gasteiger partial charge in [0.15, 0.2) is 10.8 Å². The van der Waals surface area contributed by atoms with E-state index in [1.54, 1.807) is 18.2 Å². The maximum Gasteiger partial charge on any atom is 0.450 e. The van der Waals surface area contributed by atoms with Crippen molar-refractivity contribution in [2.75, 3.05) is 7.11 Å². The molecule has 106 valence electrons. The number of hydrogen-bond donors (Lipinski definition) is 0. The highest BCUT2D eigenvalue weighted by molar-refractivity contribution is 7.20. The summed E-state index contributed by atoms with van der Waals surface area (Å²) in [5, 5.41) is -0.120. The van der Waals surface area contributed by atoms with E-state index >= 15 is 0 Å². The Kier molecular flexibility index (Phi) is 3.76. The topological polar surface area (TPSA) is 56.3 Å². The minimum Gasteiger partial charge on any atom is -0.497 e. The molecule has 0 saturated heterocycles. The predicted octanol–water partition coefficient (Wildman–Crippen LogP) is 3.01. The SMILES string of the molecule is COc1ccc2nc(C(=O)CC(=O)C(F)(F)F)sc2c1. The zero-order valence-electron chi connectivity index (χ0n) is 10.2. The summed E-state index contributed by atoms with van der Waals surface area (Å²) in [7, 11) is 1.47. The van der Waals surface area contributed by atoms with Crippen molar-refractivity contribution in [3.05, 3.63) is 23.2 Å². The van der Waals surface area contributed by atoms with Crippen molar-refractivity contribution < 1.29 is 27.5 Å². The fourth-order valence-corrected chi connectivity index (χ4v) is 2.40. The molecule has 0 fully saturated rings. The number of alkyl halides is 3. The summed E-state index contributed by atoms with van der Waals surface area (Å²) >= 11 is 0.927. The molecule has 4 nitrogen and oxygen atoms in total. The first-order chi connectivity index (χ1) is 9.31. The summed E-state index contributed by atoms with van der Waals surface area (Å²) in [4.78, 5) is 26.3. The number of carbonyl (C=O) groups is 2. The van der Waals surface area contributed by atoms with Crippen LogP contribution in [0.3, 0.4) is 0 Å². The van der Waals surface area contributed by atoms with Crippen molar-refractivity contribution in [3.63, 3.8) is 0 Å². The Bertz CT molecular complexity index is 678. The number of carbonyl (C=O) groups excluding carboxylic acids is 2. The van der Waals surface area contributed by atoms with Crippen molar-refractivity contribution in [2.45, 2.75) is 12.6 Å². The molecule has 0 atom stereocenters. The number of ether oxygens (including phenoxy) is 1. The summed E-state index contributed by atoms with van der Waals surface area (Å²) in [6.45, 7) is 0. The first-order valence-corrected chi connectivity index (χ1v) is 6.20. The van der Waals surface area contributed by atoms with Gasteiger partial charge in [-0.25, -0.2) is 4.98 Å². The molecule has 0 amide bonds. The van der Waals surface area contributed by atoms with Gasteiger partial charge in [0.25, 0.3) is 0 Å².